The normalized spacial score (nSPS) is 7.71. The Morgan fingerprint density at radius 2 is 1.50 bits per heavy atom. The summed E-state index contributed by atoms with van der Waals surface area (Å²) in [5.74, 6) is -4.26. The van der Waals surface area contributed by atoms with Crippen molar-refractivity contribution in [3.8, 4) is 0 Å². The molecule has 0 aliphatic heterocycles. The second kappa shape index (κ2) is 7.53. The molecule has 0 heterocycles. The molecule has 0 aliphatic carbocycles. The van der Waals surface area contributed by atoms with Gasteiger partial charge in [-0.1, -0.05) is 13.2 Å². The van der Waals surface area contributed by atoms with E-state index in [9.17, 15) is 19.8 Å². The van der Waals surface area contributed by atoms with Crippen LogP contribution in [0.15, 0.2) is 24.8 Å². The fourth-order valence-corrected chi connectivity index (χ4v) is 0.246. The lowest BCUT2D eigenvalue weighted by molar-refractivity contribution is -0.309. The molecule has 6 heteroatoms. The third kappa shape index (κ3) is 12.6. The summed E-state index contributed by atoms with van der Waals surface area (Å²) < 4.78 is 0. The molecular weight excluding hydrogens is 192 g/mol. The van der Waals surface area contributed by atoms with Gasteiger partial charge in [0.2, 0.25) is 0 Å². The van der Waals surface area contributed by atoms with Crippen molar-refractivity contribution in [2.75, 3.05) is 0 Å². The molecule has 14 heavy (non-hydrogen) atoms. The van der Waals surface area contributed by atoms with Gasteiger partial charge in [-0.15, -0.1) is 0 Å². The van der Waals surface area contributed by atoms with E-state index in [4.69, 9.17) is 9.90 Å². The second-order valence-electron chi connectivity index (χ2n) is 1.96. The number of rotatable bonds is 4. The van der Waals surface area contributed by atoms with Crippen LogP contribution in [0.2, 0.25) is 0 Å². The summed E-state index contributed by atoms with van der Waals surface area (Å²) in [6, 6.07) is 0. The average Bonchev–Trinajstić information content (AvgIpc) is 2.04. The maximum absolute atomic E-state index is 9.73. The highest BCUT2D eigenvalue weighted by atomic mass is 16.4. The summed E-state index contributed by atoms with van der Waals surface area (Å²) in [4.78, 5) is 28.5. The molecule has 0 N–H and O–H groups in total. The van der Waals surface area contributed by atoms with Crippen molar-refractivity contribution in [1.82, 2.24) is 0 Å². The zero-order valence-electron chi connectivity index (χ0n) is 7.15. The number of hydrogen-bond donors (Lipinski definition) is 0. The second-order valence-corrected chi connectivity index (χ2v) is 1.96. The SMILES string of the molecule is C=C(CC(=O)[O-])C(=O)[O-].C=CC(=O)[O-]. The molecule has 78 valence electrons. The molecule has 0 saturated carbocycles. The maximum atomic E-state index is 9.73. The molecule has 0 atom stereocenters. The lowest BCUT2D eigenvalue weighted by Gasteiger charge is -2.05. The van der Waals surface area contributed by atoms with E-state index < -0.39 is 29.9 Å². The Balaban J connectivity index is 0. The lowest BCUT2D eigenvalue weighted by atomic mass is 10.2. The van der Waals surface area contributed by atoms with Crippen molar-refractivity contribution in [3.63, 3.8) is 0 Å². The Labute approximate surface area is 79.8 Å². The predicted octanol–water partition coefficient (Wildman–Crippen LogP) is -3.65. The van der Waals surface area contributed by atoms with E-state index in [1.807, 2.05) is 0 Å². The Morgan fingerprint density at radius 1 is 1.14 bits per heavy atom. The number of carboxylic acids is 3. The molecule has 0 aliphatic rings. The van der Waals surface area contributed by atoms with Crippen molar-refractivity contribution in [2.24, 2.45) is 0 Å². The first-order chi connectivity index (χ1) is 6.31. The first kappa shape index (κ1) is 14.4. The highest BCUT2D eigenvalue weighted by Gasteiger charge is 1.92. The van der Waals surface area contributed by atoms with Gasteiger partial charge in [-0.2, -0.15) is 0 Å². The molecule has 0 saturated heterocycles. The van der Waals surface area contributed by atoms with Gasteiger partial charge in [0.25, 0.3) is 0 Å². The fraction of sp³-hybridized carbons (Fsp3) is 0.125. The summed E-state index contributed by atoms with van der Waals surface area (Å²) in [6.07, 6.45) is 0.0440. The van der Waals surface area contributed by atoms with E-state index >= 15 is 0 Å². The number of aliphatic carboxylic acids is 3. The molecule has 0 aromatic carbocycles. The molecule has 0 unspecified atom stereocenters. The topological polar surface area (TPSA) is 120 Å². The molecule has 6 nitrogen and oxygen atoms in total. The van der Waals surface area contributed by atoms with Gasteiger partial charge in [-0.05, 0) is 11.6 Å². The maximum Gasteiger partial charge on any atom is 0.0672 e. The molecular formula is C8H7O6-3. The lowest BCUT2D eigenvalue weighted by Crippen LogP contribution is -2.29. The zero-order valence-corrected chi connectivity index (χ0v) is 7.15. The van der Waals surface area contributed by atoms with E-state index in [2.05, 4.69) is 13.2 Å². The van der Waals surface area contributed by atoms with Crippen molar-refractivity contribution < 1.29 is 29.7 Å². The van der Waals surface area contributed by atoms with E-state index in [-0.39, 0.29) is 0 Å². The molecule has 0 aromatic rings. The van der Waals surface area contributed by atoms with Crippen LogP contribution < -0.4 is 15.3 Å². The summed E-state index contributed by atoms with van der Waals surface area (Å²) in [7, 11) is 0. The van der Waals surface area contributed by atoms with Crippen LogP contribution in [0.4, 0.5) is 0 Å². The smallest absolute Gasteiger partial charge is 0.0672 e. The van der Waals surface area contributed by atoms with Gasteiger partial charge < -0.3 is 29.7 Å². The van der Waals surface area contributed by atoms with Crippen LogP contribution in [0.25, 0.3) is 0 Å². The predicted molar refractivity (Wildman–Crippen MR) is 39.0 cm³/mol. The molecule has 0 fully saturated rings. The summed E-state index contributed by atoms with van der Waals surface area (Å²) in [5, 5.41) is 28.5. The van der Waals surface area contributed by atoms with E-state index in [0.29, 0.717) is 0 Å². The van der Waals surface area contributed by atoms with Crippen LogP contribution in [0.5, 0.6) is 0 Å². The van der Waals surface area contributed by atoms with Gasteiger partial charge in [0.15, 0.2) is 0 Å². The molecule has 0 aromatic heterocycles. The Bertz CT molecular complexity index is 265. The minimum absolute atomic E-state index is 0.477. The number of hydrogen-bond acceptors (Lipinski definition) is 6. The third-order valence-electron chi connectivity index (χ3n) is 0.813. The Hall–Kier alpha value is -2.11. The van der Waals surface area contributed by atoms with E-state index in [1.165, 1.54) is 0 Å². The molecule has 0 amide bonds. The Kier molecular flexibility index (Phi) is 7.76. The molecule has 0 radical (unpaired) electrons. The van der Waals surface area contributed by atoms with Gasteiger partial charge in [0.1, 0.15) is 0 Å². The van der Waals surface area contributed by atoms with Crippen LogP contribution >= 0.6 is 0 Å². The summed E-state index contributed by atoms with van der Waals surface area (Å²) >= 11 is 0. The standard InChI is InChI=1S/C5H6O4.C3H4O2/c1-3(5(8)9)2-4(6)7;1-2-3(4)5/h1-2H2,(H,6,7)(H,8,9);2H,1H2,(H,4,5)/p-3. The molecule has 0 rings (SSSR count). The van der Waals surface area contributed by atoms with Crippen molar-refractivity contribution in [3.05, 3.63) is 24.8 Å². The van der Waals surface area contributed by atoms with Crippen LogP contribution in [0.3, 0.4) is 0 Å². The van der Waals surface area contributed by atoms with Crippen LogP contribution in [-0.2, 0) is 14.4 Å². The zero-order chi connectivity index (χ0) is 11.7. The van der Waals surface area contributed by atoms with Crippen LogP contribution in [-0.4, -0.2) is 17.9 Å². The minimum Gasteiger partial charge on any atom is -0.550 e. The third-order valence-corrected chi connectivity index (χ3v) is 0.813. The van der Waals surface area contributed by atoms with E-state index in [1.54, 1.807) is 0 Å². The molecule has 0 bridgehead atoms. The van der Waals surface area contributed by atoms with Crippen molar-refractivity contribution in [2.45, 2.75) is 6.42 Å². The first-order valence-corrected chi connectivity index (χ1v) is 3.23. The van der Waals surface area contributed by atoms with E-state index in [0.717, 1.165) is 6.08 Å². The van der Waals surface area contributed by atoms with Gasteiger partial charge in [-0.3, -0.25) is 0 Å². The number of carboxylic acid groups (broad SMARTS) is 3. The minimum atomic E-state index is -1.56. The first-order valence-electron chi connectivity index (χ1n) is 3.23. The molecule has 0 spiro atoms. The average molecular weight is 199 g/mol. The van der Waals surface area contributed by atoms with Crippen molar-refractivity contribution in [1.29, 1.82) is 0 Å². The fourth-order valence-electron chi connectivity index (χ4n) is 0.246. The number of carbonyl (C=O) groups is 3. The van der Waals surface area contributed by atoms with Gasteiger partial charge in [0, 0.05) is 12.4 Å². The summed E-state index contributed by atoms with van der Waals surface area (Å²) in [5.41, 5.74) is -0.477. The van der Waals surface area contributed by atoms with Gasteiger partial charge in [-0.25, -0.2) is 0 Å². The quantitative estimate of drug-likeness (QED) is 0.430. The van der Waals surface area contributed by atoms with Gasteiger partial charge >= 0.3 is 0 Å². The monoisotopic (exact) mass is 199 g/mol. The largest absolute Gasteiger partial charge is 0.550 e. The van der Waals surface area contributed by atoms with Crippen LogP contribution in [0.1, 0.15) is 6.42 Å². The summed E-state index contributed by atoms with van der Waals surface area (Å²) in [6.45, 7) is 5.81. The van der Waals surface area contributed by atoms with Crippen molar-refractivity contribution >= 4 is 17.9 Å². The Morgan fingerprint density at radius 3 is 1.57 bits per heavy atom. The highest BCUT2D eigenvalue weighted by Crippen LogP contribution is 1.92. The van der Waals surface area contributed by atoms with Crippen LogP contribution in [0, 0.1) is 0 Å². The highest BCUT2D eigenvalue weighted by molar-refractivity contribution is 5.89. The van der Waals surface area contributed by atoms with Gasteiger partial charge in [0.05, 0.1) is 11.9 Å². The number of carbonyl (C=O) groups excluding carboxylic acids is 3.